The summed E-state index contributed by atoms with van der Waals surface area (Å²) in [5, 5.41) is 6.90. The first-order chi connectivity index (χ1) is 6.95. The molecule has 2 rings (SSSR count). The molecule has 1 N–H and O–H groups in total. The van der Waals surface area contributed by atoms with E-state index in [4.69, 9.17) is 4.52 Å². The maximum Gasteiger partial charge on any atom is 0.128 e. The zero-order valence-corrected chi connectivity index (χ0v) is 7.76. The first-order valence-electron chi connectivity index (χ1n) is 4.50. The Morgan fingerprint density at radius 1 is 1.50 bits per heavy atom. The molecule has 5 heteroatoms. The van der Waals surface area contributed by atoms with Crippen LogP contribution >= 0.6 is 0 Å². The normalized spacial score (nSPS) is 10.6. The molecule has 0 spiro atoms. The molecule has 0 amide bonds. The van der Waals surface area contributed by atoms with Gasteiger partial charge in [0.2, 0.25) is 0 Å². The molecule has 74 valence electrons. The quantitative estimate of drug-likeness (QED) is 0.707. The van der Waals surface area contributed by atoms with Gasteiger partial charge < -0.3 is 14.4 Å². The van der Waals surface area contributed by atoms with E-state index < -0.39 is 0 Å². The van der Waals surface area contributed by atoms with E-state index in [9.17, 15) is 0 Å². The number of nitrogens with one attached hydrogen (secondary N) is 1. The third-order valence-electron chi connectivity index (χ3n) is 1.92. The molecule has 5 nitrogen and oxygen atoms in total. The first kappa shape index (κ1) is 8.96. The van der Waals surface area contributed by atoms with Gasteiger partial charge in [-0.15, -0.1) is 0 Å². The smallest absolute Gasteiger partial charge is 0.128 e. The molecule has 14 heavy (non-hydrogen) atoms. The highest BCUT2D eigenvalue weighted by atomic mass is 16.5. The average molecular weight is 192 g/mol. The minimum Gasteiger partial charge on any atom is -0.364 e. The molecule has 0 aliphatic rings. The van der Waals surface area contributed by atoms with Crippen LogP contribution in [0.3, 0.4) is 0 Å². The molecule has 0 aliphatic carbocycles. The second-order valence-corrected chi connectivity index (χ2v) is 3.01. The van der Waals surface area contributed by atoms with Crippen molar-refractivity contribution < 1.29 is 4.52 Å². The minimum atomic E-state index is 0.790. The van der Waals surface area contributed by atoms with Crippen LogP contribution in [0.25, 0.3) is 0 Å². The van der Waals surface area contributed by atoms with Crippen molar-refractivity contribution in [2.24, 2.45) is 0 Å². The number of imidazole rings is 1. The summed E-state index contributed by atoms with van der Waals surface area (Å²) in [4.78, 5) is 3.96. The average Bonchev–Trinajstić information content (AvgIpc) is 2.86. The molecule has 2 heterocycles. The maximum absolute atomic E-state index is 4.71. The molecular weight excluding hydrogens is 180 g/mol. The topological polar surface area (TPSA) is 55.9 Å². The fourth-order valence-electron chi connectivity index (χ4n) is 1.17. The number of hydrogen-bond acceptors (Lipinski definition) is 4. The zero-order valence-electron chi connectivity index (χ0n) is 7.76. The van der Waals surface area contributed by atoms with Crippen molar-refractivity contribution in [1.29, 1.82) is 0 Å². The molecule has 0 bridgehead atoms. The fourth-order valence-corrected chi connectivity index (χ4v) is 1.17. The lowest BCUT2D eigenvalue weighted by atomic mass is 10.4. The standard InChI is InChI=1S/C9H12N4O/c1(3-13-4-2-11-8-13)10-5-9-6-12-14-7-9/h2,4,6-8,10H,1,3,5H2. The molecule has 2 aromatic heterocycles. The molecule has 0 aliphatic heterocycles. The largest absolute Gasteiger partial charge is 0.364 e. The summed E-state index contributed by atoms with van der Waals surface area (Å²) >= 11 is 0. The van der Waals surface area contributed by atoms with E-state index in [2.05, 4.69) is 15.5 Å². The minimum absolute atomic E-state index is 0.790. The van der Waals surface area contributed by atoms with Crippen LogP contribution in [0.15, 0.2) is 35.7 Å². The van der Waals surface area contributed by atoms with E-state index in [1.54, 1.807) is 25.0 Å². The van der Waals surface area contributed by atoms with Gasteiger partial charge in [-0.2, -0.15) is 0 Å². The van der Waals surface area contributed by atoms with Gasteiger partial charge >= 0.3 is 0 Å². The van der Waals surface area contributed by atoms with Gasteiger partial charge in [0.25, 0.3) is 0 Å². The highest BCUT2D eigenvalue weighted by molar-refractivity contribution is 4.98. The molecule has 0 saturated carbocycles. The van der Waals surface area contributed by atoms with Gasteiger partial charge in [-0.3, -0.25) is 0 Å². The van der Waals surface area contributed by atoms with Crippen molar-refractivity contribution in [3.05, 3.63) is 36.7 Å². The van der Waals surface area contributed by atoms with Crippen LogP contribution in [0, 0.1) is 0 Å². The Hall–Kier alpha value is -1.62. The maximum atomic E-state index is 4.71. The summed E-state index contributed by atoms with van der Waals surface area (Å²) in [5.74, 6) is 0. The van der Waals surface area contributed by atoms with Crippen LogP contribution in [-0.2, 0) is 13.1 Å². The van der Waals surface area contributed by atoms with Crippen molar-refractivity contribution in [1.82, 2.24) is 20.0 Å². The molecule has 0 radical (unpaired) electrons. The summed E-state index contributed by atoms with van der Waals surface area (Å²) < 4.78 is 6.74. The fraction of sp³-hybridized carbons (Fsp3) is 0.333. The molecule has 0 saturated heterocycles. The highest BCUT2D eigenvalue weighted by Gasteiger charge is 1.94. The number of nitrogens with zero attached hydrogens (tertiary/aromatic N) is 3. The van der Waals surface area contributed by atoms with Crippen LogP contribution in [0.4, 0.5) is 0 Å². The summed E-state index contributed by atoms with van der Waals surface area (Å²) in [6.45, 7) is 2.62. The van der Waals surface area contributed by atoms with Crippen LogP contribution in [-0.4, -0.2) is 21.3 Å². The first-order valence-corrected chi connectivity index (χ1v) is 4.50. The van der Waals surface area contributed by atoms with Gasteiger partial charge in [-0.05, 0) is 0 Å². The third-order valence-corrected chi connectivity index (χ3v) is 1.92. The number of aromatic nitrogens is 3. The predicted molar refractivity (Wildman–Crippen MR) is 50.4 cm³/mol. The second-order valence-electron chi connectivity index (χ2n) is 3.01. The van der Waals surface area contributed by atoms with Gasteiger partial charge in [0.1, 0.15) is 6.26 Å². The van der Waals surface area contributed by atoms with Gasteiger partial charge in [0.15, 0.2) is 0 Å². The van der Waals surface area contributed by atoms with E-state index in [1.807, 2.05) is 10.8 Å². The van der Waals surface area contributed by atoms with E-state index in [0.29, 0.717) is 0 Å². The van der Waals surface area contributed by atoms with Gasteiger partial charge in [0.05, 0.1) is 12.5 Å². The van der Waals surface area contributed by atoms with Gasteiger partial charge in [0, 0.05) is 37.6 Å². The summed E-state index contributed by atoms with van der Waals surface area (Å²) in [6.07, 6.45) is 8.89. The summed E-state index contributed by atoms with van der Waals surface area (Å²) in [6, 6.07) is 0. The Labute approximate surface area is 81.7 Å². The van der Waals surface area contributed by atoms with E-state index in [1.165, 1.54) is 0 Å². The third kappa shape index (κ3) is 2.43. The van der Waals surface area contributed by atoms with Gasteiger partial charge in [-0.25, -0.2) is 4.98 Å². The van der Waals surface area contributed by atoms with Crippen molar-refractivity contribution in [2.45, 2.75) is 13.1 Å². The van der Waals surface area contributed by atoms with E-state index in [-0.39, 0.29) is 0 Å². The summed E-state index contributed by atoms with van der Waals surface area (Å²) in [7, 11) is 0. The van der Waals surface area contributed by atoms with E-state index >= 15 is 0 Å². The number of rotatable bonds is 5. The Bertz CT molecular complexity index is 305. The van der Waals surface area contributed by atoms with Crippen LogP contribution in [0.2, 0.25) is 0 Å². The monoisotopic (exact) mass is 192 g/mol. The molecule has 0 fully saturated rings. The van der Waals surface area contributed by atoms with Crippen LogP contribution in [0.1, 0.15) is 5.56 Å². The summed E-state index contributed by atoms with van der Waals surface area (Å²) in [5.41, 5.74) is 1.07. The van der Waals surface area contributed by atoms with Crippen molar-refractivity contribution in [3.63, 3.8) is 0 Å². The lowest BCUT2D eigenvalue weighted by Crippen LogP contribution is -2.18. The van der Waals surface area contributed by atoms with Gasteiger partial charge in [-0.1, -0.05) is 5.16 Å². The molecular formula is C9H12N4O. The second kappa shape index (κ2) is 4.57. The van der Waals surface area contributed by atoms with Crippen LogP contribution < -0.4 is 5.32 Å². The van der Waals surface area contributed by atoms with Crippen LogP contribution in [0.5, 0.6) is 0 Å². The SMILES string of the molecule is c1cn(CCNCc2cnoc2)cn1. The van der Waals surface area contributed by atoms with Crippen molar-refractivity contribution in [3.8, 4) is 0 Å². The van der Waals surface area contributed by atoms with Crippen molar-refractivity contribution in [2.75, 3.05) is 6.54 Å². The molecule has 0 unspecified atom stereocenters. The number of hydrogen-bond donors (Lipinski definition) is 1. The lowest BCUT2D eigenvalue weighted by molar-refractivity contribution is 0.418. The predicted octanol–water partition coefficient (Wildman–Crippen LogP) is 0.661. The lowest BCUT2D eigenvalue weighted by Gasteiger charge is -2.02. The van der Waals surface area contributed by atoms with Crippen molar-refractivity contribution >= 4 is 0 Å². The Morgan fingerprint density at radius 3 is 3.21 bits per heavy atom. The molecule has 0 aromatic carbocycles. The molecule has 2 aromatic rings. The molecule has 0 atom stereocenters. The van der Waals surface area contributed by atoms with E-state index in [0.717, 1.165) is 25.2 Å². The Kier molecular flexibility index (Phi) is 2.92. The Balaban J connectivity index is 1.65. The Morgan fingerprint density at radius 2 is 2.50 bits per heavy atom. The highest BCUT2D eigenvalue weighted by Crippen LogP contribution is 1.94. The zero-order chi connectivity index (χ0) is 9.64.